The van der Waals surface area contributed by atoms with Gasteiger partial charge in [0.05, 0.1) is 0 Å². The first-order valence-electron chi connectivity index (χ1n) is 1.87. The van der Waals surface area contributed by atoms with Crippen molar-refractivity contribution in [3.05, 3.63) is 11.1 Å². The molecule has 0 radical (unpaired) electrons. The first kappa shape index (κ1) is 10.5. The van der Waals surface area contributed by atoms with Crippen molar-refractivity contribution in [1.29, 1.82) is 0 Å². The molecule has 0 bridgehead atoms. The Kier molecular flexibility index (Phi) is 14.5. The monoisotopic (exact) mass is 185 g/mol. The normalized spacial score (nSPS) is 8.86. The Hall–Kier alpha value is 0.470. The highest BCUT2D eigenvalue weighted by Crippen LogP contribution is 1.83. The molecule has 0 aromatic heterocycles. The van der Waals surface area contributed by atoms with E-state index in [1.807, 2.05) is 11.1 Å². The molecular formula is C4H9BrClN. The summed E-state index contributed by atoms with van der Waals surface area (Å²) in [7, 11) is 0. The minimum atomic E-state index is 0. The van der Waals surface area contributed by atoms with Crippen LogP contribution in [0.2, 0.25) is 0 Å². The van der Waals surface area contributed by atoms with Gasteiger partial charge >= 0.3 is 0 Å². The minimum absolute atomic E-state index is 0. The highest BCUT2D eigenvalue weighted by molar-refractivity contribution is 9.11. The van der Waals surface area contributed by atoms with E-state index in [1.54, 1.807) is 0 Å². The molecule has 0 aromatic carbocycles. The second kappa shape index (κ2) is 9.69. The lowest BCUT2D eigenvalue weighted by molar-refractivity contribution is 1.01. The van der Waals surface area contributed by atoms with E-state index in [4.69, 9.17) is 5.73 Å². The van der Waals surface area contributed by atoms with Gasteiger partial charge in [0.15, 0.2) is 0 Å². The van der Waals surface area contributed by atoms with E-state index in [0.29, 0.717) is 0 Å². The molecule has 0 spiro atoms. The highest BCUT2D eigenvalue weighted by Gasteiger charge is 1.65. The Balaban J connectivity index is 0. The number of rotatable bonds is 2. The fourth-order valence-electron chi connectivity index (χ4n) is 0.159. The Morgan fingerprint density at radius 3 is 2.29 bits per heavy atom. The molecule has 0 rings (SSSR count). The fourth-order valence-corrected chi connectivity index (χ4v) is 0.424. The molecule has 3 heteroatoms. The Morgan fingerprint density at radius 2 is 2.14 bits per heavy atom. The van der Waals surface area contributed by atoms with E-state index in [-0.39, 0.29) is 12.4 Å². The predicted molar refractivity (Wildman–Crippen MR) is 39.0 cm³/mol. The van der Waals surface area contributed by atoms with Crippen LogP contribution in [0.4, 0.5) is 0 Å². The lowest BCUT2D eigenvalue weighted by atomic mass is 10.4. The van der Waals surface area contributed by atoms with Gasteiger partial charge in [-0.3, -0.25) is 0 Å². The molecule has 0 saturated heterocycles. The first-order chi connectivity index (χ1) is 2.91. The van der Waals surface area contributed by atoms with Gasteiger partial charge in [-0.1, -0.05) is 22.0 Å². The van der Waals surface area contributed by atoms with Crippen LogP contribution >= 0.6 is 28.3 Å². The van der Waals surface area contributed by atoms with Crippen molar-refractivity contribution in [3.8, 4) is 0 Å². The Bertz CT molecular complexity index is 47.0. The van der Waals surface area contributed by atoms with Crippen LogP contribution in [0, 0.1) is 0 Å². The van der Waals surface area contributed by atoms with Gasteiger partial charge in [0, 0.05) is 0 Å². The molecule has 2 N–H and O–H groups in total. The standard InChI is InChI=1S/C4H8BrN.ClH/c5-3-1-2-4-6;/h1,3H,2,4,6H2;1H/b3-1+;. The third kappa shape index (κ3) is 10.7. The summed E-state index contributed by atoms with van der Waals surface area (Å²) >= 11 is 3.11. The van der Waals surface area contributed by atoms with Crippen LogP contribution in [-0.4, -0.2) is 6.54 Å². The average molecular weight is 186 g/mol. The number of hydrogen-bond acceptors (Lipinski definition) is 1. The molecule has 0 fully saturated rings. The molecule has 0 amide bonds. The third-order valence-corrected chi connectivity index (χ3v) is 0.796. The van der Waals surface area contributed by atoms with Crippen molar-refractivity contribution < 1.29 is 0 Å². The summed E-state index contributed by atoms with van der Waals surface area (Å²) in [4.78, 5) is 1.82. The SMILES string of the molecule is Cl.NCC/C=C/Br. The van der Waals surface area contributed by atoms with Crippen LogP contribution in [0.5, 0.6) is 0 Å². The van der Waals surface area contributed by atoms with Gasteiger partial charge < -0.3 is 5.73 Å². The first-order valence-corrected chi connectivity index (χ1v) is 2.78. The largest absolute Gasteiger partial charge is 0.330 e. The fraction of sp³-hybridized carbons (Fsp3) is 0.500. The van der Waals surface area contributed by atoms with Crippen LogP contribution in [0.3, 0.4) is 0 Å². The van der Waals surface area contributed by atoms with Crippen LogP contribution in [0.15, 0.2) is 11.1 Å². The summed E-state index contributed by atoms with van der Waals surface area (Å²) in [6.45, 7) is 0.738. The molecule has 0 saturated carbocycles. The number of hydrogen-bond donors (Lipinski definition) is 1. The second-order valence-electron chi connectivity index (χ2n) is 0.939. The number of nitrogens with two attached hydrogens (primary N) is 1. The van der Waals surface area contributed by atoms with Gasteiger partial charge in [0.2, 0.25) is 0 Å². The van der Waals surface area contributed by atoms with Gasteiger partial charge in [0.25, 0.3) is 0 Å². The summed E-state index contributed by atoms with van der Waals surface area (Å²) in [5.41, 5.74) is 5.14. The zero-order chi connectivity index (χ0) is 4.83. The van der Waals surface area contributed by atoms with Crippen LogP contribution < -0.4 is 5.73 Å². The third-order valence-electron chi connectivity index (χ3n) is 0.422. The smallest absolute Gasteiger partial charge is 0.00423 e. The summed E-state index contributed by atoms with van der Waals surface area (Å²) < 4.78 is 0. The molecule has 0 aromatic rings. The molecule has 1 nitrogen and oxygen atoms in total. The van der Waals surface area contributed by atoms with Crippen molar-refractivity contribution in [1.82, 2.24) is 0 Å². The van der Waals surface area contributed by atoms with E-state index in [1.165, 1.54) is 0 Å². The van der Waals surface area contributed by atoms with Gasteiger partial charge in [-0.15, -0.1) is 12.4 Å². The Labute approximate surface area is 58.5 Å². The molecule has 44 valence electrons. The molecule has 0 aliphatic carbocycles. The molecule has 0 aliphatic rings. The summed E-state index contributed by atoms with van der Waals surface area (Å²) in [5, 5.41) is 0. The van der Waals surface area contributed by atoms with Gasteiger partial charge in [-0.25, -0.2) is 0 Å². The van der Waals surface area contributed by atoms with Crippen LogP contribution in [-0.2, 0) is 0 Å². The lowest BCUT2D eigenvalue weighted by Crippen LogP contribution is -1.94. The maximum absolute atomic E-state index is 5.14. The second-order valence-corrected chi connectivity index (χ2v) is 1.47. The van der Waals surface area contributed by atoms with Crippen molar-refractivity contribution in [2.45, 2.75) is 6.42 Å². The van der Waals surface area contributed by atoms with Crippen molar-refractivity contribution in [2.75, 3.05) is 6.54 Å². The summed E-state index contributed by atoms with van der Waals surface area (Å²) in [6, 6.07) is 0. The Morgan fingerprint density at radius 1 is 1.57 bits per heavy atom. The van der Waals surface area contributed by atoms with Crippen LogP contribution in [0.1, 0.15) is 6.42 Å². The highest BCUT2D eigenvalue weighted by atomic mass is 79.9. The van der Waals surface area contributed by atoms with Gasteiger partial charge in [-0.05, 0) is 18.0 Å². The van der Waals surface area contributed by atoms with E-state index >= 15 is 0 Å². The zero-order valence-corrected chi connectivity index (χ0v) is 6.33. The van der Waals surface area contributed by atoms with Crippen molar-refractivity contribution in [2.24, 2.45) is 5.73 Å². The molecule has 0 atom stereocenters. The van der Waals surface area contributed by atoms with E-state index in [0.717, 1.165) is 13.0 Å². The molecule has 0 unspecified atom stereocenters. The maximum atomic E-state index is 5.14. The topological polar surface area (TPSA) is 26.0 Å². The molecule has 0 aliphatic heterocycles. The molecule has 7 heavy (non-hydrogen) atoms. The number of halogens is 2. The van der Waals surface area contributed by atoms with E-state index < -0.39 is 0 Å². The average Bonchev–Trinajstić information content (AvgIpc) is 1.61. The lowest BCUT2D eigenvalue weighted by Gasteiger charge is -1.76. The summed E-state index contributed by atoms with van der Waals surface area (Å²) in [5.74, 6) is 0. The summed E-state index contributed by atoms with van der Waals surface area (Å²) in [6.07, 6.45) is 2.94. The van der Waals surface area contributed by atoms with Gasteiger partial charge in [0.1, 0.15) is 0 Å². The van der Waals surface area contributed by atoms with Crippen molar-refractivity contribution in [3.63, 3.8) is 0 Å². The molecular weight excluding hydrogens is 177 g/mol. The quantitative estimate of drug-likeness (QED) is 0.697. The predicted octanol–water partition coefficient (Wildman–Crippen LogP) is 1.67. The van der Waals surface area contributed by atoms with Gasteiger partial charge in [-0.2, -0.15) is 0 Å². The van der Waals surface area contributed by atoms with Crippen LogP contribution in [0.25, 0.3) is 0 Å². The zero-order valence-electron chi connectivity index (χ0n) is 3.93. The van der Waals surface area contributed by atoms with E-state index in [2.05, 4.69) is 15.9 Å². The maximum Gasteiger partial charge on any atom is -0.00423 e. The minimum Gasteiger partial charge on any atom is -0.330 e. The molecule has 0 heterocycles. The van der Waals surface area contributed by atoms with E-state index in [9.17, 15) is 0 Å². The van der Waals surface area contributed by atoms with Crippen molar-refractivity contribution >= 4 is 28.3 Å².